The fourth-order valence-corrected chi connectivity index (χ4v) is 2.96. The number of sulfonamides is 1. The Balaban J connectivity index is 2.27. The van der Waals surface area contributed by atoms with Crippen LogP contribution < -0.4 is 10.0 Å². The topological polar surface area (TPSA) is 113 Å². The van der Waals surface area contributed by atoms with Crippen LogP contribution in [0.2, 0.25) is 0 Å². The fourth-order valence-electron chi connectivity index (χ4n) is 1.87. The summed E-state index contributed by atoms with van der Waals surface area (Å²) in [5.74, 6) is -2.86. The summed E-state index contributed by atoms with van der Waals surface area (Å²) < 4.78 is 40.1. The van der Waals surface area contributed by atoms with E-state index in [0.29, 0.717) is 5.69 Å². The average Bonchev–Trinajstić information content (AvgIpc) is 2.48. The van der Waals surface area contributed by atoms with E-state index >= 15 is 0 Å². The van der Waals surface area contributed by atoms with Gasteiger partial charge in [-0.25, -0.2) is 17.6 Å². The minimum Gasteiger partial charge on any atom is -0.478 e. The molecule has 0 heterocycles. The Morgan fingerprint density at radius 2 is 1.62 bits per heavy atom. The van der Waals surface area contributed by atoms with Crippen molar-refractivity contribution in [2.75, 3.05) is 10.0 Å². The van der Waals surface area contributed by atoms with E-state index in [1.54, 1.807) is 0 Å². The number of carboxylic acid groups (broad SMARTS) is 1. The highest BCUT2D eigenvalue weighted by molar-refractivity contribution is 7.92. The Morgan fingerprint density at radius 3 is 2.17 bits per heavy atom. The molecule has 0 aliphatic heterocycles. The van der Waals surface area contributed by atoms with E-state index in [4.69, 9.17) is 5.11 Å². The third-order valence-corrected chi connectivity index (χ3v) is 4.31. The van der Waals surface area contributed by atoms with Crippen molar-refractivity contribution >= 4 is 33.3 Å². The summed E-state index contributed by atoms with van der Waals surface area (Å²) in [7, 11) is -4.09. The van der Waals surface area contributed by atoms with Crippen molar-refractivity contribution in [1.29, 1.82) is 0 Å². The number of carboxylic acids is 1. The van der Waals surface area contributed by atoms with E-state index in [0.717, 1.165) is 18.2 Å². The van der Waals surface area contributed by atoms with Gasteiger partial charge < -0.3 is 10.4 Å². The zero-order valence-corrected chi connectivity index (χ0v) is 13.2. The molecule has 7 nitrogen and oxygen atoms in total. The molecule has 24 heavy (non-hydrogen) atoms. The maximum atomic E-state index is 13.4. The average molecular weight is 352 g/mol. The SMILES string of the molecule is CC(=O)Nc1ccc(NS(=O)(=O)c2ccc(F)c(C(=O)O)c2)cc1. The van der Waals surface area contributed by atoms with Crippen LogP contribution in [0, 0.1) is 5.82 Å². The number of amides is 1. The molecular weight excluding hydrogens is 339 g/mol. The smallest absolute Gasteiger partial charge is 0.338 e. The van der Waals surface area contributed by atoms with Crippen molar-refractivity contribution in [2.45, 2.75) is 11.8 Å². The van der Waals surface area contributed by atoms with Crippen molar-refractivity contribution in [1.82, 2.24) is 0 Å². The summed E-state index contributed by atoms with van der Waals surface area (Å²) in [6, 6.07) is 8.31. The van der Waals surface area contributed by atoms with Gasteiger partial charge in [0, 0.05) is 18.3 Å². The van der Waals surface area contributed by atoms with Crippen LogP contribution in [-0.4, -0.2) is 25.4 Å². The Labute approximate surface area is 137 Å². The first-order valence-corrected chi connectivity index (χ1v) is 8.10. The number of halogens is 1. The molecule has 0 atom stereocenters. The summed E-state index contributed by atoms with van der Waals surface area (Å²) in [6.07, 6.45) is 0. The van der Waals surface area contributed by atoms with Crippen LogP contribution in [0.1, 0.15) is 17.3 Å². The molecule has 0 radical (unpaired) electrons. The Bertz CT molecular complexity index is 895. The molecule has 2 aromatic rings. The number of nitrogens with one attached hydrogen (secondary N) is 2. The number of carbonyl (C=O) groups is 2. The monoisotopic (exact) mass is 352 g/mol. The normalized spacial score (nSPS) is 10.9. The molecule has 0 spiro atoms. The van der Waals surface area contributed by atoms with Crippen LogP contribution in [0.3, 0.4) is 0 Å². The molecule has 0 aliphatic rings. The first kappa shape index (κ1) is 17.4. The number of rotatable bonds is 5. The highest BCUT2D eigenvalue weighted by atomic mass is 32.2. The van der Waals surface area contributed by atoms with Crippen molar-refractivity contribution in [3.8, 4) is 0 Å². The molecule has 0 saturated heterocycles. The van der Waals surface area contributed by atoms with Gasteiger partial charge in [-0.1, -0.05) is 0 Å². The van der Waals surface area contributed by atoms with Crippen molar-refractivity contribution < 1.29 is 27.5 Å². The molecule has 0 aliphatic carbocycles. The van der Waals surface area contributed by atoms with Gasteiger partial charge in [0.2, 0.25) is 5.91 Å². The minimum absolute atomic E-state index is 0.199. The lowest BCUT2D eigenvalue weighted by Gasteiger charge is -2.10. The zero-order valence-electron chi connectivity index (χ0n) is 12.4. The number of benzene rings is 2. The molecule has 126 valence electrons. The summed E-state index contributed by atoms with van der Waals surface area (Å²) >= 11 is 0. The number of hydrogen-bond donors (Lipinski definition) is 3. The van der Waals surface area contributed by atoms with E-state index < -0.39 is 27.4 Å². The second-order valence-electron chi connectivity index (χ2n) is 4.81. The van der Waals surface area contributed by atoms with Gasteiger partial charge >= 0.3 is 5.97 Å². The van der Waals surface area contributed by atoms with Crippen LogP contribution in [0.25, 0.3) is 0 Å². The molecule has 0 saturated carbocycles. The lowest BCUT2D eigenvalue weighted by Crippen LogP contribution is -2.14. The third-order valence-electron chi connectivity index (χ3n) is 2.94. The molecule has 9 heteroatoms. The van der Waals surface area contributed by atoms with Crippen molar-refractivity contribution in [3.63, 3.8) is 0 Å². The molecular formula is C15H13FN2O5S. The molecule has 2 aromatic carbocycles. The van der Waals surface area contributed by atoms with Crippen LogP contribution in [0.4, 0.5) is 15.8 Å². The van der Waals surface area contributed by atoms with Gasteiger partial charge in [-0.2, -0.15) is 0 Å². The predicted molar refractivity (Wildman–Crippen MR) is 84.9 cm³/mol. The summed E-state index contributed by atoms with van der Waals surface area (Å²) in [5.41, 5.74) is -0.0513. The van der Waals surface area contributed by atoms with Crippen LogP contribution in [-0.2, 0) is 14.8 Å². The Morgan fingerprint density at radius 1 is 1.04 bits per heavy atom. The predicted octanol–water partition coefficient (Wildman–Crippen LogP) is 2.28. The highest BCUT2D eigenvalue weighted by Crippen LogP contribution is 2.20. The number of aromatic carboxylic acids is 1. The van der Waals surface area contributed by atoms with E-state index in [1.807, 2.05) is 0 Å². The van der Waals surface area contributed by atoms with Crippen LogP contribution in [0.5, 0.6) is 0 Å². The fraction of sp³-hybridized carbons (Fsp3) is 0.0667. The maximum absolute atomic E-state index is 13.4. The van der Waals surface area contributed by atoms with Gasteiger partial charge in [-0.05, 0) is 42.5 Å². The first-order chi connectivity index (χ1) is 11.2. The summed E-state index contributed by atoms with van der Waals surface area (Å²) in [5, 5.41) is 11.4. The molecule has 1 amide bonds. The maximum Gasteiger partial charge on any atom is 0.338 e. The Kier molecular flexibility index (Phi) is 4.84. The largest absolute Gasteiger partial charge is 0.478 e. The van der Waals surface area contributed by atoms with Crippen LogP contribution in [0.15, 0.2) is 47.4 Å². The first-order valence-electron chi connectivity index (χ1n) is 6.62. The van der Waals surface area contributed by atoms with Gasteiger partial charge in [0.1, 0.15) is 5.82 Å². The number of anilines is 2. The lowest BCUT2D eigenvalue weighted by molar-refractivity contribution is -0.114. The quantitative estimate of drug-likeness (QED) is 0.764. The molecule has 2 rings (SSSR count). The van der Waals surface area contributed by atoms with Crippen LogP contribution >= 0.6 is 0 Å². The van der Waals surface area contributed by atoms with Gasteiger partial charge in [-0.3, -0.25) is 9.52 Å². The van der Waals surface area contributed by atoms with Crippen molar-refractivity contribution in [3.05, 3.63) is 53.8 Å². The minimum atomic E-state index is -4.09. The van der Waals surface area contributed by atoms with E-state index in [9.17, 15) is 22.4 Å². The van der Waals surface area contributed by atoms with Crippen molar-refractivity contribution in [2.24, 2.45) is 0 Å². The van der Waals surface area contributed by atoms with Gasteiger partial charge in [0.25, 0.3) is 10.0 Å². The van der Waals surface area contributed by atoms with Gasteiger partial charge in [0.05, 0.1) is 10.5 Å². The second kappa shape index (κ2) is 6.67. The summed E-state index contributed by atoms with van der Waals surface area (Å²) in [6.45, 7) is 1.34. The highest BCUT2D eigenvalue weighted by Gasteiger charge is 2.19. The summed E-state index contributed by atoms with van der Waals surface area (Å²) in [4.78, 5) is 21.4. The Hall–Kier alpha value is -2.94. The zero-order chi connectivity index (χ0) is 17.9. The molecule has 0 fully saturated rings. The molecule has 3 N–H and O–H groups in total. The van der Waals surface area contributed by atoms with E-state index in [-0.39, 0.29) is 16.5 Å². The molecule has 0 aromatic heterocycles. The molecule has 0 unspecified atom stereocenters. The lowest BCUT2D eigenvalue weighted by atomic mass is 10.2. The third kappa shape index (κ3) is 4.07. The van der Waals surface area contributed by atoms with Gasteiger partial charge in [-0.15, -0.1) is 0 Å². The standard InChI is InChI=1S/C15H13FN2O5S/c1-9(19)17-10-2-4-11(5-3-10)18-24(22,23)12-6-7-14(16)13(8-12)15(20)21/h2-8,18H,1H3,(H,17,19)(H,20,21). The van der Waals surface area contributed by atoms with E-state index in [1.165, 1.54) is 31.2 Å². The van der Waals surface area contributed by atoms with Gasteiger partial charge in [0.15, 0.2) is 0 Å². The number of carbonyl (C=O) groups excluding carboxylic acids is 1. The molecule has 0 bridgehead atoms. The van der Waals surface area contributed by atoms with E-state index in [2.05, 4.69) is 10.0 Å². The second-order valence-corrected chi connectivity index (χ2v) is 6.49. The number of hydrogen-bond acceptors (Lipinski definition) is 4.